The Morgan fingerprint density at radius 2 is 1.26 bits per heavy atom. The molecular weight excluding hydrogens is 537 g/mol. The smallest absolute Gasteiger partial charge is 0.339 e. The van der Waals surface area contributed by atoms with Crippen LogP contribution in [0.3, 0.4) is 0 Å². The van der Waals surface area contributed by atoms with E-state index in [1.54, 1.807) is 24.3 Å². The lowest BCUT2D eigenvalue weighted by atomic mass is 9.86. The predicted molar refractivity (Wildman–Crippen MR) is 161 cm³/mol. The quantitative estimate of drug-likeness (QED) is 0.189. The number of anilines is 2. The van der Waals surface area contributed by atoms with E-state index < -0.39 is 40.1 Å². The summed E-state index contributed by atoms with van der Waals surface area (Å²) in [7, 11) is 3.80. The zero-order valence-electron chi connectivity index (χ0n) is 23.3. The third-order valence-corrected chi connectivity index (χ3v) is 7.38. The molecule has 1 aliphatic rings. The van der Waals surface area contributed by atoms with Crippen LogP contribution in [0.15, 0.2) is 115 Å². The molecule has 0 spiro atoms. The maximum absolute atomic E-state index is 15.8. The van der Waals surface area contributed by atoms with E-state index in [2.05, 4.69) is 0 Å². The molecule has 0 bridgehead atoms. The molecule has 42 heavy (non-hydrogen) atoms. The van der Waals surface area contributed by atoms with E-state index in [0.29, 0.717) is 11.1 Å². The van der Waals surface area contributed by atoms with Gasteiger partial charge in [0.15, 0.2) is 11.6 Å². The average molecular weight is 566 g/mol. The van der Waals surface area contributed by atoms with Gasteiger partial charge in [0.05, 0.1) is 0 Å². The summed E-state index contributed by atoms with van der Waals surface area (Å²) < 4.78 is 47.5. The van der Waals surface area contributed by atoms with Crippen molar-refractivity contribution in [2.24, 2.45) is 0 Å². The van der Waals surface area contributed by atoms with Gasteiger partial charge in [-0.15, -0.1) is 0 Å². The molecule has 0 amide bonds. The largest absolute Gasteiger partial charge is 0.478 e. The molecule has 0 aromatic heterocycles. The first kappa shape index (κ1) is 28.4. The van der Waals surface area contributed by atoms with Crippen molar-refractivity contribution in [1.29, 1.82) is 0 Å². The van der Waals surface area contributed by atoms with Gasteiger partial charge < -0.3 is 10.0 Å². The zero-order chi connectivity index (χ0) is 30.0. The van der Waals surface area contributed by atoms with Crippen molar-refractivity contribution < 1.29 is 27.6 Å². The number of carboxylic acid groups (broad SMARTS) is 1. The number of nitrogens with zero attached hydrogens (tertiary/aromatic N) is 2. The topological polar surface area (TPSA) is 43.5 Å². The summed E-state index contributed by atoms with van der Waals surface area (Å²) in [4.78, 5) is 14.2. The summed E-state index contributed by atoms with van der Waals surface area (Å²) in [6.45, 7) is 1.09. The molecule has 210 valence electrons. The highest BCUT2D eigenvalue weighted by molar-refractivity contribution is 6.05. The van der Waals surface area contributed by atoms with Crippen LogP contribution >= 0.6 is 0 Å². The van der Waals surface area contributed by atoms with Crippen LogP contribution in [0.1, 0.15) is 27.0 Å². The number of carbonyl (C=O) groups is 1. The minimum Gasteiger partial charge on any atom is -0.478 e. The first-order valence-corrected chi connectivity index (χ1v) is 13.2. The number of hydrogen-bond donors (Lipinski definition) is 1. The first-order valence-electron chi connectivity index (χ1n) is 13.2. The minimum atomic E-state index is -1.77. The molecule has 0 saturated carbocycles. The zero-order valence-corrected chi connectivity index (χ0v) is 23.3. The van der Waals surface area contributed by atoms with Crippen molar-refractivity contribution in [3.8, 4) is 0 Å². The molecule has 4 aromatic carbocycles. The van der Waals surface area contributed by atoms with Crippen LogP contribution in [0, 0.1) is 24.4 Å². The summed E-state index contributed by atoms with van der Waals surface area (Å²) in [5, 5.41) is 9.91. The van der Waals surface area contributed by atoms with Crippen LogP contribution in [0.2, 0.25) is 0 Å². The highest BCUT2D eigenvalue weighted by Gasteiger charge is 2.31. The number of benzene rings is 4. The molecule has 4 nitrogen and oxygen atoms in total. The van der Waals surface area contributed by atoms with Crippen molar-refractivity contribution in [2.75, 3.05) is 19.0 Å². The minimum absolute atomic E-state index is 0.134. The van der Waals surface area contributed by atoms with Gasteiger partial charge in [-0.25, -0.2) is 18.0 Å². The molecule has 0 unspecified atom stereocenters. The monoisotopic (exact) mass is 565 g/mol. The van der Waals surface area contributed by atoms with E-state index in [1.807, 2.05) is 109 Å². The van der Waals surface area contributed by atoms with E-state index in [4.69, 9.17) is 0 Å². The van der Waals surface area contributed by atoms with Crippen molar-refractivity contribution in [3.05, 3.63) is 155 Å². The van der Waals surface area contributed by atoms with Gasteiger partial charge in [-0.1, -0.05) is 48.5 Å². The van der Waals surface area contributed by atoms with Crippen LogP contribution in [0.25, 0.3) is 5.57 Å². The molecule has 1 N–H and O–H groups in total. The Hall–Kier alpha value is -5.17. The Bertz CT molecular complexity index is 1770. The second kappa shape index (κ2) is 11.7. The summed E-state index contributed by atoms with van der Waals surface area (Å²) in [5.41, 5.74) is 2.40. The molecule has 4 aromatic rings. The molecule has 0 heterocycles. The van der Waals surface area contributed by atoms with Crippen LogP contribution < -0.4 is 4.90 Å². The molecule has 0 aliphatic heterocycles. The van der Waals surface area contributed by atoms with E-state index in [-0.39, 0.29) is 5.57 Å². The third-order valence-electron chi connectivity index (χ3n) is 7.38. The van der Waals surface area contributed by atoms with Crippen molar-refractivity contribution in [1.82, 2.24) is 0 Å². The van der Waals surface area contributed by atoms with Crippen molar-refractivity contribution >= 4 is 34.3 Å². The van der Waals surface area contributed by atoms with E-state index >= 15 is 8.78 Å². The number of para-hydroxylation sites is 2. The van der Waals surface area contributed by atoms with E-state index in [9.17, 15) is 14.3 Å². The van der Waals surface area contributed by atoms with Gasteiger partial charge in [-0.05, 0) is 54.5 Å². The van der Waals surface area contributed by atoms with Crippen LogP contribution in [0.4, 0.5) is 30.2 Å². The van der Waals surface area contributed by atoms with Crippen LogP contribution in [-0.2, 0) is 0 Å². The normalized spacial score (nSPS) is 12.4. The Labute approximate surface area is 242 Å². The predicted octanol–water partition coefficient (Wildman–Crippen LogP) is 8.22. The fourth-order valence-corrected chi connectivity index (χ4v) is 4.97. The maximum Gasteiger partial charge on any atom is 0.339 e. The number of carboxylic acids is 1. The molecule has 5 rings (SSSR count). The molecule has 7 heteroatoms. The fraction of sp³-hybridized carbons (Fsp3) is 0.0857. The molecule has 0 saturated heterocycles. The van der Waals surface area contributed by atoms with Crippen LogP contribution in [0.5, 0.6) is 0 Å². The Balaban J connectivity index is 1.70. The SMILES string of the molecule is Cc1c(F)c(F)c(C(=O)O)c(C(=C2C=CC(=[N+](C)c3ccccc3)C=C2)c2ccc(N(C)c3ccccc3)cc2)c1F. The highest BCUT2D eigenvalue weighted by atomic mass is 19.2. The first-order chi connectivity index (χ1) is 20.2. The van der Waals surface area contributed by atoms with Gasteiger partial charge in [0.25, 0.3) is 0 Å². The number of aromatic carboxylic acids is 1. The molecular formula is C35H28F3N2O2+. The Kier molecular flexibility index (Phi) is 7.93. The molecule has 1 aliphatic carbocycles. The standard InChI is InChI=1S/C35H27F3N2O2/c1-22-32(36)30(31(35(41)42)34(38)33(22)37)29(23-14-18-27(19-15-23)39(2)25-10-6-4-7-11-25)24-16-20-28(21-17-24)40(3)26-12-8-5-9-13-26/h4-21H,1-3H3/p+1. The van der Waals surface area contributed by atoms with Gasteiger partial charge in [0.2, 0.25) is 11.4 Å². The van der Waals surface area contributed by atoms with E-state index in [1.165, 1.54) is 0 Å². The highest BCUT2D eigenvalue weighted by Crippen LogP contribution is 2.38. The number of hydrogen-bond acceptors (Lipinski definition) is 2. The molecule has 0 fully saturated rings. The fourth-order valence-electron chi connectivity index (χ4n) is 4.97. The number of halogens is 3. The lowest BCUT2D eigenvalue weighted by Gasteiger charge is -2.21. The van der Waals surface area contributed by atoms with Gasteiger partial charge in [0, 0.05) is 59.4 Å². The second-order valence-electron chi connectivity index (χ2n) is 9.88. The van der Waals surface area contributed by atoms with Crippen molar-refractivity contribution in [2.45, 2.75) is 6.92 Å². The summed E-state index contributed by atoms with van der Waals surface area (Å²) >= 11 is 0. The number of rotatable bonds is 6. The average Bonchev–Trinajstić information content (AvgIpc) is 3.03. The second-order valence-corrected chi connectivity index (χ2v) is 9.88. The Morgan fingerprint density at radius 3 is 1.83 bits per heavy atom. The molecule has 0 atom stereocenters. The summed E-state index contributed by atoms with van der Waals surface area (Å²) in [5.74, 6) is -6.02. The summed E-state index contributed by atoms with van der Waals surface area (Å²) in [6.07, 6.45) is 7.06. The van der Waals surface area contributed by atoms with Gasteiger partial charge in [-0.3, -0.25) is 0 Å². The lowest BCUT2D eigenvalue weighted by Crippen LogP contribution is -2.15. The lowest BCUT2D eigenvalue weighted by molar-refractivity contribution is -0.403. The van der Waals surface area contributed by atoms with E-state index in [0.717, 1.165) is 29.7 Å². The maximum atomic E-state index is 15.8. The van der Waals surface area contributed by atoms with Gasteiger partial charge in [0.1, 0.15) is 18.4 Å². The summed E-state index contributed by atoms with van der Waals surface area (Å²) in [6, 6.07) is 26.4. The van der Waals surface area contributed by atoms with Gasteiger partial charge in [-0.2, -0.15) is 4.58 Å². The van der Waals surface area contributed by atoms with Gasteiger partial charge >= 0.3 is 5.97 Å². The van der Waals surface area contributed by atoms with Crippen molar-refractivity contribution in [3.63, 3.8) is 0 Å². The molecule has 0 radical (unpaired) electrons. The van der Waals surface area contributed by atoms with Crippen LogP contribution in [-0.4, -0.2) is 35.5 Å². The third kappa shape index (κ3) is 5.29. The number of allylic oxidation sites excluding steroid dienone is 5. The Morgan fingerprint density at radius 1 is 0.714 bits per heavy atom.